The largest absolute Gasteiger partial charge is 0.465 e. The van der Waals surface area contributed by atoms with E-state index in [2.05, 4.69) is 0 Å². The molecule has 2 fully saturated rings. The van der Waals surface area contributed by atoms with Gasteiger partial charge in [0.2, 0.25) is 0 Å². The predicted octanol–water partition coefficient (Wildman–Crippen LogP) is 0.698. The molecule has 0 spiro atoms. The summed E-state index contributed by atoms with van der Waals surface area (Å²) in [5.41, 5.74) is 0. The van der Waals surface area contributed by atoms with Crippen LogP contribution in [0.25, 0.3) is 0 Å². The molecule has 1 aliphatic carbocycles. The minimum Gasteiger partial charge on any atom is -0.465 e. The quantitative estimate of drug-likeness (QED) is 0.740. The molecule has 0 unspecified atom stereocenters. The van der Waals surface area contributed by atoms with E-state index in [9.17, 15) is 9.90 Å². The molecule has 0 radical (unpaired) electrons. The van der Waals surface area contributed by atoms with Crippen LogP contribution in [0.2, 0.25) is 0 Å². The van der Waals surface area contributed by atoms with Crippen LogP contribution >= 0.6 is 0 Å². The van der Waals surface area contributed by atoms with Crippen LogP contribution < -0.4 is 0 Å². The van der Waals surface area contributed by atoms with E-state index in [0.717, 1.165) is 6.42 Å². The molecule has 0 aromatic heterocycles. The highest BCUT2D eigenvalue weighted by Crippen LogP contribution is 2.44. The van der Waals surface area contributed by atoms with E-state index in [4.69, 9.17) is 14.2 Å². The molecule has 5 heteroatoms. The van der Waals surface area contributed by atoms with Gasteiger partial charge in [-0.2, -0.15) is 0 Å². The Kier molecular flexibility index (Phi) is 3.43. The van der Waals surface area contributed by atoms with E-state index in [0.29, 0.717) is 6.61 Å². The van der Waals surface area contributed by atoms with Gasteiger partial charge in [0.25, 0.3) is 0 Å². The molecule has 5 nitrogen and oxygen atoms in total. The highest BCUT2D eigenvalue weighted by atomic mass is 16.8. The van der Waals surface area contributed by atoms with Gasteiger partial charge in [0.15, 0.2) is 5.79 Å². The summed E-state index contributed by atoms with van der Waals surface area (Å²) in [4.78, 5) is 10.8. The van der Waals surface area contributed by atoms with Gasteiger partial charge in [0.05, 0.1) is 18.8 Å². The highest BCUT2D eigenvalue weighted by molar-refractivity contribution is 5.65. The number of fused-ring (bicyclic) bond motifs is 1. The number of hydrogen-bond donors (Lipinski definition) is 1. The molecule has 2 aliphatic rings. The lowest BCUT2D eigenvalue weighted by atomic mass is 10.1. The number of carbonyl (C=O) groups is 1. The third-order valence-corrected chi connectivity index (χ3v) is 3.43. The number of esters is 1. The Morgan fingerprint density at radius 1 is 1.35 bits per heavy atom. The zero-order valence-electron chi connectivity index (χ0n) is 10.5. The molecule has 1 N–H and O–H groups in total. The highest BCUT2D eigenvalue weighted by Gasteiger charge is 2.53. The number of aliphatic hydroxyl groups excluding tert-OH is 1. The van der Waals surface area contributed by atoms with Gasteiger partial charge in [-0.15, -0.1) is 0 Å². The minimum absolute atomic E-state index is 0.0716. The van der Waals surface area contributed by atoms with E-state index in [1.54, 1.807) is 0 Å². The topological polar surface area (TPSA) is 65.0 Å². The molecule has 1 saturated heterocycles. The Balaban J connectivity index is 2.02. The maximum absolute atomic E-state index is 10.8. The molecule has 17 heavy (non-hydrogen) atoms. The van der Waals surface area contributed by atoms with Crippen LogP contribution in [0.4, 0.5) is 0 Å². The van der Waals surface area contributed by atoms with Crippen LogP contribution in [0.15, 0.2) is 0 Å². The van der Waals surface area contributed by atoms with Gasteiger partial charge in [0, 0.05) is 25.4 Å². The average Bonchev–Trinajstić information content (AvgIpc) is 2.68. The second-order valence-corrected chi connectivity index (χ2v) is 5.31. The molecular formula is C12H20O5. The van der Waals surface area contributed by atoms with Crippen LogP contribution in [0.1, 0.15) is 27.2 Å². The van der Waals surface area contributed by atoms with E-state index in [1.807, 2.05) is 13.8 Å². The van der Waals surface area contributed by atoms with Crippen LogP contribution in [-0.4, -0.2) is 42.3 Å². The van der Waals surface area contributed by atoms with Crippen molar-refractivity contribution in [2.24, 2.45) is 11.8 Å². The van der Waals surface area contributed by atoms with E-state index >= 15 is 0 Å². The summed E-state index contributed by atoms with van der Waals surface area (Å²) in [6.07, 6.45) is 0.604. The van der Waals surface area contributed by atoms with Crippen LogP contribution in [0.5, 0.6) is 0 Å². The lowest BCUT2D eigenvalue weighted by Gasteiger charge is -2.22. The molecular weight excluding hydrogens is 224 g/mol. The first kappa shape index (κ1) is 12.8. The molecule has 0 aromatic carbocycles. The predicted molar refractivity (Wildman–Crippen MR) is 59.1 cm³/mol. The smallest absolute Gasteiger partial charge is 0.302 e. The van der Waals surface area contributed by atoms with E-state index < -0.39 is 5.79 Å². The van der Waals surface area contributed by atoms with Gasteiger partial charge in [-0.1, -0.05) is 0 Å². The number of hydrogen-bond acceptors (Lipinski definition) is 5. The Morgan fingerprint density at radius 3 is 2.47 bits per heavy atom. The van der Waals surface area contributed by atoms with Gasteiger partial charge in [-0.25, -0.2) is 0 Å². The summed E-state index contributed by atoms with van der Waals surface area (Å²) < 4.78 is 16.7. The fraction of sp³-hybridized carbons (Fsp3) is 0.917. The van der Waals surface area contributed by atoms with Crippen LogP contribution in [0, 0.1) is 11.8 Å². The monoisotopic (exact) mass is 244 g/mol. The fourth-order valence-electron chi connectivity index (χ4n) is 2.77. The first-order chi connectivity index (χ1) is 7.93. The zero-order chi connectivity index (χ0) is 12.6. The number of rotatable bonds is 3. The van der Waals surface area contributed by atoms with Crippen LogP contribution in [-0.2, 0) is 19.0 Å². The summed E-state index contributed by atoms with van der Waals surface area (Å²) in [5, 5.41) is 9.34. The molecule has 0 amide bonds. The first-order valence-corrected chi connectivity index (χ1v) is 6.03. The third kappa shape index (κ3) is 2.61. The van der Waals surface area contributed by atoms with Crippen molar-refractivity contribution in [3.05, 3.63) is 0 Å². The van der Waals surface area contributed by atoms with Crippen molar-refractivity contribution in [3.8, 4) is 0 Å². The maximum Gasteiger partial charge on any atom is 0.302 e. The SMILES string of the molecule is CC(=O)OC[C@H]1C[C@@H](CO)[C@@H]2OC(C)(C)O[C@H]12. The summed E-state index contributed by atoms with van der Waals surface area (Å²) in [6, 6.07) is 0. The lowest BCUT2D eigenvalue weighted by Crippen LogP contribution is -2.28. The molecule has 0 bridgehead atoms. The van der Waals surface area contributed by atoms with Crippen molar-refractivity contribution in [3.63, 3.8) is 0 Å². The Hall–Kier alpha value is -0.650. The van der Waals surface area contributed by atoms with Gasteiger partial charge in [-0.05, 0) is 20.3 Å². The fourth-order valence-corrected chi connectivity index (χ4v) is 2.77. The summed E-state index contributed by atoms with van der Waals surface area (Å²) in [6.45, 7) is 5.54. The first-order valence-electron chi connectivity index (χ1n) is 6.03. The molecule has 1 saturated carbocycles. The second kappa shape index (κ2) is 4.55. The Bertz CT molecular complexity index is 301. The molecule has 0 aromatic rings. The van der Waals surface area contributed by atoms with Crippen LogP contribution in [0.3, 0.4) is 0 Å². The van der Waals surface area contributed by atoms with Crippen molar-refractivity contribution >= 4 is 5.97 Å². The Morgan fingerprint density at radius 2 is 1.94 bits per heavy atom. The third-order valence-electron chi connectivity index (χ3n) is 3.43. The molecule has 4 atom stereocenters. The maximum atomic E-state index is 10.8. The standard InChI is InChI=1S/C12H20O5/c1-7(14)15-6-9-4-8(5-13)10-11(9)17-12(2,3)16-10/h8-11,13H,4-6H2,1-3H3/t8-,9+,10-,11+/m0/s1. The van der Waals surface area contributed by atoms with Crippen molar-refractivity contribution < 1.29 is 24.1 Å². The molecule has 1 aliphatic heterocycles. The van der Waals surface area contributed by atoms with Gasteiger partial charge in [0.1, 0.15) is 0 Å². The van der Waals surface area contributed by atoms with Gasteiger partial charge in [-0.3, -0.25) is 4.79 Å². The number of ether oxygens (including phenoxy) is 3. The molecule has 98 valence electrons. The summed E-state index contributed by atoms with van der Waals surface area (Å²) >= 11 is 0. The van der Waals surface area contributed by atoms with Crippen molar-refractivity contribution in [2.45, 2.75) is 45.2 Å². The minimum atomic E-state index is -0.613. The van der Waals surface area contributed by atoms with E-state index in [-0.39, 0.29) is 36.6 Å². The zero-order valence-corrected chi connectivity index (χ0v) is 10.5. The summed E-state index contributed by atoms with van der Waals surface area (Å²) in [7, 11) is 0. The lowest BCUT2D eigenvalue weighted by molar-refractivity contribution is -0.166. The Labute approximate surface area is 101 Å². The normalized spacial score (nSPS) is 39.1. The second-order valence-electron chi connectivity index (χ2n) is 5.31. The average molecular weight is 244 g/mol. The van der Waals surface area contributed by atoms with Crippen molar-refractivity contribution in [2.75, 3.05) is 13.2 Å². The van der Waals surface area contributed by atoms with E-state index in [1.165, 1.54) is 6.92 Å². The molecule has 2 rings (SSSR count). The van der Waals surface area contributed by atoms with Gasteiger partial charge >= 0.3 is 5.97 Å². The molecule has 1 heterocycles. The number of carbonyl (C=O) groups excluding carboxylic acids is 1. The number of aliphatic hydroxyl groups is 1. The van der Waals surface area contributed by atoms with Crippen molar-refractivity contribution in [1.29, 1.82) is 0 Å². The van der Waals surface area contributed by atoms with Crippen molar-refractivity contribution in [1.82, 2.24) is 0 Å². The summed E-state index contributed by atoms with van der Waals surface area (Å²) in [5.74, 6) is -0.713. The van der Waals surface area contributed by atoms with Gasteiger partial charge < -0.3 is 19.3 Å².